The molecule has 0 spiro atoms. The van der Waals surface area contributed by atoms with Crippen molar-refractivity contribution in [2.24, 2.45) is 11.8 Å². The second kappa shape index (κ2) is 3.97. The summed E-state index contributed by atoms with van der Waals surface area (Å²) < 4.78 is 0. The molecule has 0 aliphatic heterocycles. The summed E-state index contributed by atoms with van der Waals surface area (Å²) in [4.78, 5) is 5.48. The van der Waals surface area contributed by atoms with Crippen molar-refractivity contribution in [1.29, 1.82) is 0 Å². The van der Waals surface area contributed by atoms with E-state index in [1.54, 1.807) is 0 Å². The minimum Gasteiger partial charge on any atom is -0.299 e. The molecule has 0 heterocycles. The van der Waals surface area contributed by atoms with Crippen molar-refractivity contribution in [2.75, 3.05) is 0 Å². The minimum atomic E-state index is 0.306. The van der Waals surface area contributed by atoms with Crippen LogP contribution in [-0.2, 0) is 4.84 Å². The fourth-order valence-corrected chi connectivity index (χ4v) is 2.75. The fraction of sp³-hybridized carbons (Fsp3) is 1.00. The molecule has 2 heteroatoms. The summed E-state index contributed by atoms with van der Waals surface area (Å²) in [7, 11) is 0. The van der Waals surface area contributed by atoms with Crippen LogP contribution in [-0.4, -0.2) is 12.1 Å². The van der Waals surface area contributed by atoms with Gasteiger partial charge in [0.1, 0.15) is 0 Å². The topological polar surface area (TPSA) is 21.3 Å². The SMILES string of the molecule is CC(C)ONC1CC2CCC1CC2. The molecule has 0 aromatic rings. The Labute approximate surface area is 81.0 Å². The zero-order valence-corrected chi connectivity index (χ0v) is 8.75. The smallest absolute Gasteiger partial charge is 0.0734 e. The normalized spacial score (nSPS) is 38.5. The van der Waals surface area contributed by atoms with Gasteiger partial charge in [0.15, 0.2) is 0 Å². The first-order valence-electron chi connectivity index (χ1n) is 5.67. The summed E-state index contributed by atoms with van der Waals surface area (Å²) in [6.45, 7) is 4.15. The zero-order valence-electron chi connectivity index (χ0n) is 8.75. The van der Waals surface area contributed by atoms with Gasteiger partial charge in [-0.05, 0) is 44.9 Å². The molecular formula is C11H21NO. The van der Waals surface area contributed by atoms with Crippen molar-refractivity contribution in [3.8, 4) is 0 Å². The van der Waals surface area contributed by atoms with Gasteiger partial charge in [0.05, 0.1) is 6.10 Å². The molecule has 1 atom stereocenters. The summed E-state index contributed by atoms with van der Waals surface area (Å²) in [5.41, 5.74) is 3.25. The molecule has 0 amide bonds. The molecule has 3 rings (SSSR count). The van der Waals surface area contributed by atoms with Gasteiger partial charge < -0.3 is 0 Å². The maximum absolute atomic E-state index is 5.48. The average molecular weight is 183 g/mol. The third kappa shape index (κ3) is 2.23. The molecule has 3 aliphatic carbocycles. The predicted molar refractivity (Wildman–Crippen MR) is 53.2 cm³/mol. The van der Waals surface area contributed by atoms with Crippen molar-refractivity contribution in [1.82, 2.24) is 5.48 Å². The zero-order chi connectivity index (χ0) is 9.26. The van der Waals surface area contributed by atoms with Gasteiger partial charge >= 0.3 is 0 Å². The maximum Gasteiger partial charge on any atom is 0.0734 e. The van der Waals surface area contributed by atoms with Crippen LogP contribution >= 0.6 is 0 Å². The van der Waals surface area contributed by atoms with E-state index in [9.17, 15) is 0 Å². The highest BCUT2D eigenvalue weighted by Crippen LogP contribution is 2.41. The van der Waals surface area contributed by atoms with Crippen molar-refractivity contribution >= 4 is 0 Å². The highest BCUT2D eigenvalue weighted by Gasteiger charge is 2.35. The number of hydrogen-bond donors (Lipinski definition) is 1. The van der Waals surface area contributed by atoms with Crippen LogP contribution in [0.15, 0.2) is 0 Å². The van der Waals surface area contributed by atoms with Crippen LogP contribution in [0.2, 0.25) is 0 Å². The molecule has 0 saturated heterocycles. The Bertz CT molecular complexity index is 161. The van der Waals surface area contributed by atoms with Crippen LogP contribution in [0.5, 0.6) is 0 Å². The third-order valence-corrected chi connectivity index (χ3v) is 3.50. The molecule has 1 N–H and O–H groups in total. The Morgan fingerprint density at radius 1 is 1.15 bits per heavy atom. The van der Waals surface area contributed by atoms with E-state index in [0.717, 1.165) is 11.8 Å². The molecular weight excluding hydrogens is 162 g/mol. The lowest BCUT2D eigenvalue weighted by Gasteiger charge is -2.42. The molecule has 3 aliphatic rings. The van der Waals surface area contributed by atoms with E-state index in [0.29, 0.717) is 12.1 Å². The lowest BCUT2D eigenvalue weighted by molar-refractivity contribution is -0.0620. The predicted octanol–water partition coefficient (Wildman–Crippen LogP) is 2.49. The standard InChI is InChI=1S/C11H21NO/c1-8(2)13-12-11-7-9-3-5-10(11)6-4-9/h8-12H,3-7H2,1-2H3. The number of hydroxylamine groups is 1. The third-order valence-electron chi connectivity index (χ3n) is 3.50. The van der Waals surface area contributed by atoms with Gasteiger partial charge in [-0.25, -0.2) is 0 Å². The summed E-state index contributed by atoms with van der Waals surface area (Å²) >= 11 is 0. The van der Waals surface area contributed by atoms with Gasteiger partial charge in [-0.15, -0.1) is 0 Å². The first-order valence-corrected chi connectivity index (χ1v) is 5.67. The minimum absolute atomic E-state index is 0.306. The van der Waals surface area contributed by atoms with Gasteiger partial charge in [-0.2, -0.15) is 5.48 Å². The van der Waals surface area contributed by atoms with E-state index in [1.165, 1.54) is 32.1 Å². The Hall–Kier alpha value is -0.0800. The highest BCUT2D eigenvalue weighted by atomic mass is 16.7. The summed E-state index contributed by atoms with van der Waals surface area (Å²) in [6, 6.07) is 0.648. The van der Waals surface area contributed by atoms with Gasteiger partial charge in [0.2, 0.25) is 0 Å². The average Bonchev–Trinajstić information content (AvgIpc) is 2.17. The monoisotopic (exact) mass is 183 g/mol. The number of rotatable bonds is 3. The lowest BCUT2D eigenvalue weighted by atomic mass is 9.68. The molecule has 2 nitrogen and oxygen atoms in total. The summed E-state index contributed by atoms with van der Waals surface area (Å²) in [6.07, 6.45) is 7.42. The highest BCUT2D eigenvalue weighted by molar-refractivity contribution is 4.88. The van der Waals surface area contributed by atoms with E-state index >= 15 is 0 Å². The molecule has 3 fully saturated rings. The van der Waals surface area contributed by atoms with E-state index in [4.69, 9.17) is 4.84 Å². The number of hydrogen-bond acceptors (Lipinski definition) is 2. The quantitative estimate of drug-likeness (QED) is 0.679. The molecule has 0 aromatic heterocycles. The molecule has 2 bridgehead atoms. The van der Waals surface area contributed by atoms with E-state index in [2.05, 4.69) is 19.3 Å². The Morgan fingerprint density at radius 2 is 1.85 bits per heavy atom. The van der Waals surface area contributed by atoms with E-state index < -0.39 is 0 Å². The number of fused-ring (bicyclic) bond motifs is 3. The lowest BCUT2D eigenvalue weighted by Crippen LogP contribution is -2.45. The van der Waals surface area contributed by atoms with Crippen molar-refractivity contribution in [3.63, 3.8) is 0 Å². The van der Waals surface area contributed by atoms with Crippen molar-refractivity contribution < 1.29 is 4.84 Å². The van der Waals surface area contributed by atoms with Crippen molar-refractivity contribution in [2.45, 2.75) is 58.1 Å². The fourth-order valence-electron chi connectivity index (χ4n) is 2.75. The Morgan fingerprint density at radius 3 is 2.31 bits per heavy atom. The second-order valence-corrected chi connectivity index (χ2v) is 4.91. The van der Waals surface area contributed by atoms with Gasteiger partial charge in [-0.3, -0.25) is 4.84 Å². The van der Waals surface area contributed by atoms with Crippen LogP contribution < -0.4 is 5.48 Å². The van der Waals surface area contributed by atoms with Crippen LogP contribution in [0, 0.1) is 11.8 Å². The second-order valence-electron chi connectivity index (χ2n) is 4.91. The molecule has 0 aromatic carbocycles. The van der Waals surface area contributed by atoms with Crippen LogP contribution in [0.3, 0.4) is 0 Å². The first-order chi connectivity index (χ1) is 6.25. The largest absolute Gasteiger partial charge is 0.299 e. The van der Waals surface area contributed by atoms with Crippen LogP contribution in [0.25, 0.3) is 0 Å². The molecule has 1 unspecified atom stereocenters. The summed E-state index contributed by atoms with van der Waals surface area (Å²) in [5, 5.41) is 0. The Kier molecular flexibility index (Phi) is 2.89. The first kappa shape index (κ1) is 9.47. The van der Waals surface area contributed by atoms with Crippen LogP contribution in [0.4, 0.5) is 0 Å². The van der Waals surface area contributed by atoms with Gasteiger partial charge in [-0.1, -0.05) is 12.8 Å². The van der Waals surface area contributed by atoms with Gasteiger partial charge in [0.25, 0.3) is 0 Å². The Balaban J connectivity index is 1.80. The molecule has 0 radical (unpaired) electrons. The van der Waals surface area contributed by atoms with E-state index in [-0.39, 0.29) is 0 Å². The van der Waals surface area contributed by atoms with E-state index in [1.807, 2.05) is 0 Å². The van der Waals surface area contributed by atoms with Crippen LogP contribution in [0.1, 0.15) is 46.0 Å². The summed E-state index contributed by atoms with van der Waals surface area (Å²) in [5.74, 6) is 1.88. The molecule has 76 valence electrons. The maximum atomic E-state index is 5.48. The number of nitrogens with one attached hydrogen (secondary N) is 1. The molecule has 13 heavy (non-hydrogen) atoms. The molecule has 3 saturated carbocycles. The van der Waals surface area contributed by atoms with Crippen molar-refractivity contribution in [3.05, 3.63) is 0 Å². The van der Waals surface area contributed by atoms with Gasteiger partial charge in [0, 0.05) is 6.04 Å².